The van der Waals surface area contributed by atoms with Crippen LogP contribution in [0, 0.1) is 6.92 Å². The molecule has 0 spiro atoms. The molecule has 120 valence electrons. The van der Waals surface area contributed by atoms with Crippen LogP contribution in [-0.4, -0.2) is 32.7 Å². The number of aromatic nitrogens is 4. The first-order valence-corrected chi connectivity index (χ1v) is 7.62. The van der Waals surface area contributed by atoms with Gasteiger partial charge in [0.1, 0.15) is 12.1 Å². The second-order valence-corrected chi connectivity index (χ2v) is 5.63. The van der Waals surface area contributed by atoms with Crippen LogP contribution in [0.15, 0.2) is 42.7 Å². The molecule has 0 atom stereocenters. The molecule has 1 N–H and O–H groups in total. The average molecular weight is 321 g/mol. The van der Waals surface area contributed by atoms with Crippen molar-refractivity contribution in [1.82, 2.24) is 20.2 Å². The molecule has 0 saturated carbocycles. The van der Waals surface area contributed by atoms with E-state index in [0.29, 0.717) is 17.9 Å². The number of benzene rings is 2. The van der Waals surface area contributed by atoms with Crippen molar-refractivity contribution in [2.45, 2.75) is 13.3 Å². The highest BCUT2D eigenvalue weighted by atomic mass is 16.5. The molecule has 7 nitrogen and oxygen atoms in total. The SMILES string of the molecule is Cc1ccc(NC(=O)c2ccc3c(c2)CCO3)cc1-n1cnnn1. The van der Waals surface area contributed by atoms with E-state index in [-0.39, 0.29) is 5.91 Å². The van der Waals surface area contributed by atoms with Crippen LogP contribution in [-0.2, 0) is 6.42 Å². The highest BCUT2D eigenvalue weighted by Crippen LogP contribution is 2.26. The summed E-state index contributed by atoms with van der Waals surface area (Å²) in [6, 6.07) is 11.1. The lowest BCUT2D eigenvalue weighted by Crippen LogP contribution is -2.12. The van der Waals surface area contributed by atoms with Gasteiger partial charge in [0.15, 0.2) is 0 Å². The van der Waals surface area contributed by atoms with Crippen LogP contribution < -0.4 is 10.1 Å². The fourth-order valence-electron chi connectivity index (χ4n) is 2.74. The Morgan fingerprint density at radius 1 is 1.25 bits per heavy atom. The number of amides is 1. The van der Waals surface area contributed by atoms with Crippen molar-refractivity contribution in [1.29, 1.82) is 0 Å². The Kier molecular flexibility index (Phi) is 3.45. The van der Waals surface area contributed by atoms with E-state index in [0.717, 1.165) is 29.0 Å². The van der Waals surface area contributed by atoms with E-state index < -0.39 is 0 Å². The van der Waals surface area contributed by atoms with Gasteiger partial charge >= 0.3 is 0 Å². The predicted molar refractivity (Wildman–Crippen MR) is 87.5 cm³/mol. The van der Waals surface area contributed by atoms with Crippen molar-refractivity contribution >= 4 is 11.6 Å². The number of rotatable bonds is 3. The smallest absolute Gasteiger partial charge is 0.255 e. The minimum atomic E-state index is -0.156. The Morgan fingerprint density at radius 3 is 3.00 bits per heavy atom. The van der Waals surface area contributed by atoms with Crippen molar-refractivity contribution in [2.24, 2.45) is 0 Å². The number of hydrogen-bond donors (Lipinski definition) is 1. The van der Waals surface area contributed by atoms with E-state index in [1.54, 1.807) is 10.7 Å². The maximum atomic E-state index is 12.5. The standard InChI is InChI=1S/C17H15N5O2/c1-11-2-4-14(9-15(11)22-10-18-20-21-22)19-17(23)13-3-5-16-12(8-13)6-7-24-16/h2-5,8-10H,6-7H2,1H3,(H,19,23). The van der Waals surface area contributed by atoms with Crippen molar-refractivity contribution in [3.05, 3.63) is 59.4 Å². The normalized spacial score (nSPS) is 12.5. The van der Waals surface area contributed by atoms with E-state index in [4.69, 9.17) is 4.74 Å². The summed E-state index contributed by atoms with van der Waals surface area (Å²) in [7, 11) is 0. The summed E-state index contributed by atoms with van der Waals surface area (Å²) in [6.45, 7) is 2.64. The first kappa shape index (κ1) is 14.4. The third-order valence-electron chi connectivity index (χ3n) is 4.01. The number of carbonyl (C=O) groups excluding carboxylic acids is 1. The predicted octanol–water partition coefficient (Wildman–Crippen LogP) is 2.16. The molecular weight excluding hydrogens is 306 g/mol. The van der Waals surface area contributed by atoms with E-state index in [9.17, 15) is 4.79 Å². The molecule has 0 unspecified atom stereocenters. The number of carbonyl (C=O) groups is 1. The molecule has 0 fully saturated rings. The summed E-state index contributed by atoms with van der Waals surface area (Å²) >= 11 is 0. The molecule has 0 saturated heterocycles. The van der Waals surface area contributed by atoms with Crippen LogP contribution in [0.1, 0.15) is 21.5 Å². The van der Waals surface area contributed by atoms with Gasteiger partial charge in [0.2, 0.25) is 0 Å². The van der Waals surface area contributed by atoms with Gasteiger partial charge in [-0.15, -0.1) is 5.10 Å². The van der Waals surface area contributed by atoms with Gasteiger partial charge in [-0.25, -0.2) is 4.68 Å². The Labute approximate surface area is 138 Å². The van der Waals surface area contributed by atoms with Gasteiger partial charge in [0.25, 0.3) is 5.91 Å². The van der Waals surface area contributed by atoms with Crippen LogP contribution in [0.3, 0.4) is 0 Å². The number of tetrazole rings is 1. The zero-order valence-corrected chi connectivity index (χ0v) is 13.1. The number of aryl methyl sites for hydroxylation is 1. The third kappa shape index (κ3) is 2.60. The van der Waals surface area contributed by atoms with E-state index in [1.165, 1.54) is 6.33 Å². The van der Waals surface area contributed by atoms with E-state index in [2.05, 4.69) is 20.8 Å². The van der Waals surface area contributed by atoms with Gasteiger partial charge in [-0.1, -0.05) is 6.07 Å². The minimum absolute atomic E-state index is 0.156. The molecule has 3 aromatic rings. The van der Waals surface area contributed by atoms with Crippen molar-refractivity contribution in [3.63, 3.8) is 0 Å². The summed E-state index contributed by atoms with van der Waals surface area (Å²) in [6.07, 6.45) is 2.36. The molecule has 4 rings (SSSR count). The molecule has 1 aliphatic heterocycles. The van der Waals surface area contributed by atoms with Crippen molar-refractivity contribution < 1.29 is 9.53 Å². The molecular formula is C17H15N5O2. The average Bonchev–Trinajstić information content (AvgIpc) is 3.27. The van der Waals surface area contributed by atoms with Crippen LogP contribution >= 0.6 is 0 Å². The van der Waals surface area contributed by atoms with Gasteiger partial charge in [-0.2, -0.15) is 0 Å². The number of hydrogen-bond acceptors (Lipinski definition) is 5. The molecule has 1 aromatic heterocycles. The summed E-state index contributed by atoms with van der Waals surface area (Å²) in [5, 5.41) is 14.1. The third-order valence-corrected chi connectivity index (χ3v) is 4.01. The second-order valence-electron chi connectivity index (χ2n) is 5.63. The maximum absolute atomic E-state index is 12.5. The Bertz CT molecular complexity index is 905. The first-order valence-electron chi connectivity index (χ1n) is 7.62. The van der Waals surface area contributed by atoms with Crippen LogP contribution in [0.4, 0.5) is 5.69 Å². The number of nitrogens with zero attached hydrogens (tertiary/aromatic N) is 4. The lowest BCUT2D eigenvalue weighted by Gasteiger charge is -2.10. The highest BCUT2D eigenvalue weighted by molar-refractivity contribution is 6.04. The maximum Gasteiger partial charge on any atom is 0.255 e. The van der Waals surface area contributed by atoms with E-state index in [1.807, 2.05) is 37.3 Å². The molecule has 0 bridgehead atoms. The summed E-state index contributed by atoms with van der Waals surface area (Å²) in [5.41, 5.74) is 4.20. The molecule has 7 heteroatoms. The summed E-state index contributed by atoms with van der Waals surface area (Å²) < 4.78 is 7.04. The molecule has 1 amide bonds. The van der Waals surface area contributed by atoms with Gasteiger partial charge in [-0.05, 0) is 58.8 Å². The van der Waals surface area contributed by atoms with Gasteiger partial charge in [0.05, 0.1) is 12.3 Å². The zero-order valence-electron chi connectivity index (χ0n) is 13.1. The Hall–Kier alpha value is -3.22. The molecule has 24 heavy (non-hydrogen) atoms. The van der Waals surface area contributed by atoms with Crippen molar-refractivity contribution in [3.8, 4) is 11.4 Å². The topological polar surface area (TPSA) is 81.9 Å². The second kappa shape index (κ2) is 5.77. The molecule has 0 radical (unpaired) electrons. The number of anilines is 1. The summed E-state index contributed by atoms with van der Waals surface area (Å²) in [5.74, 6) is 0.707. The highest BCUT2D eigenvalue weighted by Gasteiger charge is 2.15. The molecule has 0 aliphatic carbocycles. The Balaban J connectivity index is 1.59. The quantitative estimate of drug-likeness (QED) is 0.799. The largest absolute Gasteiger partial charge is 0.493 e. The van der Waals surface area contributed by atoms with Gasteiger partial charge in [-0.3, -0.25) is 4.79 Å². The number of ether oxygens (including phenoxy) is 1. The zero-order chi connectivity index (χ0) is 16.5. The minimum Gasteiger partial charge on any atom is -0.493 e. The number of nitrogens with one attached hydrogen (secondary N) is 1. The number of fused-ring (bicyclic) bond motifs is 1. The van der Waals surface area contributed by atoms with Crippen LogP contribution in [0.25, 0.3) is 5.69 Å². The van der Waals surface area contributed by atoms with Gasteiger partial charge < -0.3 is 10.1 Å². The van der Waals surface area contributed by atoms with Crippen LogP contribution in [0.2, 0.25) is 0 Å². The fourth-order valence-corrected chi connectivity index (χ4v) is 2.74. The van der Waals surface area contributed by atoms with Crippen molar-refractivity contribution in [2.75, 3.05) is 11.9 Å². The Morgan fingerprint density at radius 2 is 2.17 bits per heavy atom. The monoisotopic (exact) mass is 321 g/mol. The molecule has 1 aliphatic rings. The van der Waals surface area contributed by atoms with E-state index >= 15 is 0 Å². The fraction of sp³-hybridized carbons (Fsp3) is 0.176. The lowest BCUT2D eigenvalue weighted by molar-refractivity contribution is 0.102. The molecule has 2 heterocycles. The first-order chi connectivity index (χ1) is 11.7. The van der Waals surface area contributed by atoms with Gasteiger partial charge in [0, 0.05) is 17.7 Å². The van der Waals surface area contributed by atoms with Crippen LogP contribution in [0.5, 0.6) is 5.75 Å². The lowest BCUT2D eigenvalue weighted by atomic mass is 10.1. The molecule has 2 aromatic carbocycles. The summed E-state index contributed by atoms with van der Waals surface area (Å²) in [4.78, 5) is 12.5.